The van der Waals surface area contributed by atoms with Crippen molar-refractivity contribution in [2.24, 2.45) is 0 Å². The Labute approximate surface area is 181 Å². The molecule has 31 heavy (non-hydrogen) atoms. The van der Waals surface area contributed by atoms with E-state index in [-0.39, 0.29) is 18.9 Å². The molecular formula is C21H26N2O7S. The molecule has 0 aromatic heterocycles. The molecule has 1 aliphatic rings. The molecule has 1 heterocycles. The van der Waals surface area contributed by atoms with E-state index in [4.69, 9.17) is 14.2 Å². The van der Waals surface area contributed by atoms with Crippen molar-refractivity contribution in [2.45, 2.75) is 12.5 Å². The first-order valence-corrected chi connectivity index (χ1v) is 11.4. The van der Waals surface area contributed by atoms with E-state index in [1.807, 2.05) is 0 Å². The van der Waals surface area contributed by atoms with Crippen LogP contribution < -0.4 is 23.8 Å². The van der Waals surface area contributed by atoms with Crippen LogP contribution in [-0.4, -0.2) is 65.2 Å². The number of aliphatic hydroxyl groups is 1. The number of anilines is 1. The smallest absolute Gasteiger partial charge is 0.251 e. The number of sulfonamides is 1. The maximum Gasteiger partial charge on any atom is 0.251 e. The highest BCUT2D eigenvalue weighted by Gasteiger charge is 2.28. The summed E-state index contributed by atoms with van der Waals surface area (Å²) in [6, 6.07) is 11.6. The van der Waals surface area contributed by atoms with Crippen LogP contribution in [0.25, 0.3) is 0 Å². The summed E-state index contributed by atoms with van der Waals surface area (Å²) in [7, 11) is -0.329. The molecule has 1 amide bonds. The Balaban J connectivity index is 1.57. The van der Waals surface area contributed by atoms with Crippen molar-refractivity contribution >= 4 is 21.6 Å². The van der Waals surface area contributed by atoms with Gasteiger partial charge in [-0.1, -0.05) is 12.1 Å². The number of carbonyl (C=O) groups excluding carboxylic acids is 1. The van der Waals surface area contributed by atoms with Crippen molar-refractivity contribution in [3.8, 4) is 17.2 Å². The van der Waals surface area contributed by atoms with Gasteiger partial charge in [0.25, 0.3) is 5.91 Å². The van der Waals surface area contributed by atoms with E-state index < -0.39 is 22.0 Å². The van der Waals surface area contributed by atoms with Crippen LogP contribution in [0, 0.1) is 0 Å². The van der Waals surface area contributed by atoms with Gasteiger partial charge in [0.05, 0.1) is 25.7 Å². The molecule has 1 unspecified atom stereocenters. The van der Waals surface area contributed by atoms with Gasteiger partial charge < -0.3 is 24.6 Å². The molecule has 10 heteroatoms. The number of methoxy groups -OCH3 is 2. The molecule has 1 saturated heterocycles. The van der Waals surface area contributed by atoms with Crippen LogP contribution in [0.5, 0.6) is 17.2 Å². The van der Waals surface area contributed by atoms with Crippen molar-refractivity contribution in [3.05, 3.63) is 48.0 Å². The predicted octanol–water partition coefficient (Wildman–Crippen LogP) is 1.41. The second-order valence-electron chi connectivity index (χ2n) is 6.96. The van der Waals surface area contributed by atoms with E-state index in [1.54, 1.807) is 36.4 Å². The largest absolute Gasteiger partial charge is 0.493 e. The lowest BCUT2D eigenvalue weighted by Gasteiger charge is -2.18. The first kappa shape index (κ1) is 22.7. The molecule has 0 aliphatic carbocycles. The zero-order chi connectivity index (χ0) is 22.4. The molecule has 9 nitrogen and oxygen atoms in total. The molecule has 2 aromatic carbocycles. The Morgan fingerprint density at radius 1 is 1.16 bits per heavy atom. The summed E-state index contributed by atoms with van der Waals surface area (Å²) in [4.78, 5) is 12.5. The lowest BCUT2D eigenvalue weighted by molar-refractivity contribution is 0.0833. The number of para-hydroxylation sites is 1. The number of rotatable bonds is 9. The Morgan fingerprint density at radius 2 is 1.84 bits per heavy atom. The average molecular weight is 451 g/mol. The molecule has 168 valence electrons. The monoisotopic (exact) mass is 450 g/mol. The van der Waals surface area contributed by atoms with E-state index in [1.165, 1.54) is 24.6 Å². The highest BCUT2D eigenvalue weighted by molar-refractivity contribution is 7.93. The molecule has 1 fully saturated rings. The van der Waals surface area contributed by atoms with Crippen molar-refractivity contribution < 1.29 is 32.5 Å². The number of carbonyl (C=O) groups is 1. The van der Waals surface area contributed by atoms with Crippen molar-refractivity contribution in [2.75, 3.05) is 44.0 Å². The molecule has 0 radical (unpaired) electrons. The van der Waals surface area contributed by atoms with E-state index in [2.05, 4.69) is 5.32 Å². The van der Waals surface area contributed by atoms with Crippen molar-refractivity contribution in [3.63, 3.8) is 0 Å². The third-order valence-electron chi connectivity index (χ3n) is 4.80. The van der Waals surface area contributed by atoms with Crippen LogP contribution >= 0.6 is 0 Å². The average Bonchev–Trinajstić information content (AvgIpc) is 3.14. The zero-order valence-corrected chi connectivity index (χ0v) is 18.2. The van der Waals surface area contributed by atoms with E-state index >= 15 is 0 Å². The number of nitrogens with zero attached hydrogens (tertiary/aromatic N) is 1. The first-order chi connectivity index (χ1) is 14.9. The van der Waals surface area contributed by atoms with Crippen LogP contribution in [0.1, 0.15) is 16.8 Å². The number of hydrogen-bond donors (Lipinski definition) is 2. The van der Waals surface area contributed by atoms with Gasteiger partial charge in [0.1, 0.15) is 12.7 Å². The minimum atomic E-state index is -3.33. The summed E-state index contributed by atoms with van der Waals surface area (Å²) in [6.07, 6.45) is -0.428. The third kappa shape index (κ3) is 5.39. The van der Waals surface area contributed by atoms with Crippen LogP contribution in [0.15, 0.2) is 42.5 Å². The number of hydrogen-bond acceptors (Lipinski definition) is 7. The summed E-state index contributed by atoms with van der Waals surface area (Å²) in [5, 5.41) is 12.9. The quantitative estimate of drug-likeness (QED) is 0.594. The molecule has 2 aromatic rings. The second kappa shape index (κ2) is 9.88. The molecule has 1 aliphatic heterocycles. The summed E-state index contributed by atoms with van der Waals surface area (Å²) >= 11 is 0. The zero-order valence-electron chi connectivity index (χ0n) is 17.4. The fraction of sp³-hybridized carbons (Fsp3) is 0.381. The lowest BCUT2D eigenvalue weighted by Crippen LogP contribution is -2.35. The maximum atomic E-state index is 12.5. The fourth-order valence-electron chi connectivity index (χ4n) is 3.24. The van der Waals surface area contributed by atoms with Gasteiger partial charge in [0.15, 0.2) is 11.5 Å². The molecular weight excluding hydrogens is 424 g/mol. The standard InChI is InChI=1S/C21H26N2O7S/c1-28-18-8-4-9-19(29-2)20(18)30-14-17(24)13-22-21(25)15-6-3-7-16(12-15)23-10-5-11-31(23,26)27/h3-4,6-9,12,17,24H,5,10-11,13-14H2,1-2H3,(H,22,25). The normalized spacial score (nSPS) is 15.9. The Kier molecular flexibility index (Phi) is 7.24. The van der Waals surface area contributed by atoms with Gasteiger partial charge in [0.2, 0.25) is 15.8 Å². The van der Waals surface area contributed by atoms with Crippen LogP contribution in [-0.2, 0) is 10.0 Å². The van der Waals surface area contributed by atoms with E-state index in [9.17, 15) is 18.3 Å². The number of benzene rings is 2. The summed E-state index contributed by atoms with van der Waals surface area (Å²) < 4.78 is 41.6. The predicted molar refractivity (Wildman–Crippen MR) is 116 cm³/mol. The summed E-state index contributed by atoms with van der Waals surface area (Å²) in [5.74, 6) is 0.963. The number of amides is 1. The molecule has 1 atom stereocenters. The molecule has 2 N–H and O–H groups in total. The lowest BCUT2D eigenvalue weighted by atomic mass is 10.2. The molecule has 0 spiro atoms. The van der Waals surface area contributed by atoms with Gasteiger partial charge in [0, 0.05) is 18.7 Å². The molecule has 0 saturated carbocycles. The molecule has 3 rings (SSSR count). The van der Waals surface area contributed by atoms with Gasteiger partial charge in [-0.05, 0) is 36.8 Å². The number of ether oxygens (including phenoxy) is 3. The Bertz CT molecular complexity index is 1000. The Hall–Kier alpha value is -2.98. The summed E-state index contributed by atoms with van der Waals surface area (Å²) in [6.45, 7) is 0.251. The van der Waals surface area contributed by atoms with Crippen molar-refractivity contribution in [1.29, 1.82) is 0 Å². The van der Waals surface area contributed by atoms with Crippen molar-refractivity contribution in [1.82, 2.24) is 5.32 Å². The van der Waals surface area contributed by atoms with Gasteiger partial charge in [-0.25, -0.2) is 8.42 Å². The third-order valence-corrected chi connectivity index (χ3v) is 6.67. The van der Waals surface area contributed by atoms with Gasteiger partial charge in [-0.2, -0.15) is 0 Å². The van der Waals surface area contributed by atoms with Crippen LogP contribution in [0.3, 0.4) is 0 Å². The minimum absolute atomic E-state index is 0.0530. The SMILES string of the molecule is COc1cccc(OC)c1OCC(O)CNC(=O)c1cccc(N2CCCS2(=O)=O)c1. The molecule has 0 bridgehead atoms. The maximum absolute atomic E-state index is 12.5. The van der Waals surface area contributed by atoms with Gasteiger partial charge >= 0.3 is 0 Å². The van der Waals surface area contributed by atoms with E-state index in [0.29, 0.717) is 41.5 Å². The Morgan fingerprint density at radius 3 is 2.45 bits per heavy atom. The number of nitrogens with one attached hydrogen (secondary N) is 1. The second-order valence-corrected chi connectivity index (χ2v) is 8.97. The summed E-state index contributed by atoms with van der Waals surface area (Å²) in [5.41, 5.74) is 0.761. The highest BCUT2D eigenvalue weighted by Crippen LogP contribution is 2.36. The van der Waals surface area contributed by atoms with Crippen LogP contribution in [0.4, 0.5) is 5.69 Å². The topological polar surface area (TPSA) is 114 Å². The minimum Gasteiger partial charge on any atom is -0.493 e. The van der Waals surface area contributed by atoms with Gasteiger partial charge in [-0.15, -0.1) is 0 Å². The van der Waals surface area contributed by atoms with Crippen LogP contribution in [0.2, 0.25) is 0 Å². The highest BCUT2D eigenvalue weighted by atomic mass is 32.2. The fourth-order valence-corrected chi connectivity index (χ4v) is 4.80. The first-order valence-electron chi connectivity index (χ1n) is 9.76. The number of aliphatic hydroxyl groups excluding tert-OH is 1. The van der Waals surface area contributed by atoms with Gasteiger partial charge in [-0.3, -0.25) is 9.10 Å². The van der Waals surface area contributed by atoms with E-state index in [0.717, 1.165) is 0 Å².